The van der Waals surface area contributed by atoms with E-state index in [2.05, 4.69) is 0 Å². The predicted molar refractivity (Wildman–Crippen MR) is 44.8 cm³/mol. The van der Waals surface area contributed by atoms with Gasteiger partial charge in [0, 0.05) is 19.7 Å². The first-order valence-electron chi connectivity index (χ1n) is 4.28. The smallest absolute Gasteiger partial charge is 0.315 e. The van der Waals surface area contributed by atoms with E-state index in [9.17, 15) is 13.6 Å². The summed E-state index contributed by atoms with van der Waals surface area (Å²) in [5.74, 6) is -1.12. The van der Waals surface area contributed by atoms with Crippen LogP contribution in [0.4, 0.5) is 8.78 Å². The maximum absolute atomic E-state index is 11.9. The molecule has 0 aliphatic rings. The Bertz CT molecular complexity index is 153. The van der Waals surface area contributed by atoms with Crippen molar-refractivity contribution in [3.05, 3.63) is 0 Å². The van der Waals surface area contributed by atoms with Crippen LogP contribution in [-0.4, -0.2) is 43.5 Å². The van der Waals surface area contributed by atoms with Crippen molar-refractivity contribution in [2.45, 2.75) is 20.3 Å². The Hall–Kier alpha value is -0.710. The van der Waals surface area contributed by atoms with Crippen molar-refractivity contribution in [2.24, 2.45) is 0 Å². The summed E-state index contributed by atoms with van der Waals surface area (Å²) in [6.45, 7) is 4.82. The van der Waals surface area contributed by atoms with Crippen LogP contribution in [0, 0.1) is 0 Å². The Labute approximate surface area is 76.7 Å². The third-order valence-electron chi connectivity index (χ3n) is 1.59. The lowest BCUT2D eigenvalue weighted by atomic mass is 10.4. The Morgan fingerprint density at radius 1 is 1.46 bits per heavy atom. The van der Waals surface area contributed by atoms with E-state index in [1.165, 1.54) is 0 Å². The normalized spacial score (nSPS) is 10.5. The number of ether oxygens (including phenoxy) is 1. The van der Waals surface area contributed by atoms with E-state index in [1.54, 1.807) is 6.92 Å². The molecule has 5 heteroatoms. The molecule has 0 rings (SSSR count). The number of rotatable bonds is 6. The van der Waals surface area contributed by atoms with Gasteiger partial charge in [-0.05, 0) is 13.8 Å². The van der Waals surface area contributed by atoms with E-state index in [4.69, 9.17) is 4.74 Å². The summed E-state index contributed by atoms with van der Waals surface area (Å²) in [6.07, 6.45) is -2.92. The maximum atomic E-state index is 11.9. The van der Waals surface area contributed by atoms with Crippen LogP contribution in [-0.2, 0) is 9.53 Å². The summed E-state index contributed by atoms with van der Waals surface area (Å²) < 4.78 is 28.8. The third-order valence-corrected chi connectivity index (χ3v) is 1.59. The molecule has 0 bridgehead atoms. The van der Waals surface area contributed by atoms with Crippen molar-refractivity contribution < 1.29 is 18.3 Å². The quantitative estimate of drug-likeness (QED) is 0.595. The van der Waals surface area contributed by atoms with Gasteiger partial charge in [-0.25, -0.2) is 0 Å². The highest BCUT2D eigenvalue weighted by atomic mass is 19.3. The highest BCUT2D eigenvalue weighted by Crippen LogP contribution is 2.00. The summed E-state index contributed by atoms with van der Waals surface area (Å²) >= 11 is 0. The summed E-state index contributed by atoms with van der Waals surface area (Å²) in [5, 5.41) is 0. The summed E-state index contributed by atoms with van der Waals surface area (Å²) in [6, 6.07) is 0. The monoisotopic (exact) mass is 195 g/mol. The Balaban J connectivity index is 3.81. The molecule has 0 spiro atoms. The molecule has 0 unspecified atom stereocenters. The number of nitrogens with zero attached hydrogens (tertiary/aromatic N) is 1. The Kier molecular flexibility index (Phi) is 6.40. The lowest BCUT2D eigenvalue weighted by Gasteiger charge is -2.19. The first-order valence-corrected chi connectivity index (χ1v) is 4.28. The molecule has 0 N–H and O–H groups in total. The van der Waals surface area contributed by atoms with E-state index in [0.29, 0.717) is 13.2 Å². The molecule has 3 nitrogen and oxygen atoms in total. The van der Waals surface area contributed by atoms with Gasteiger partial charge in [-0.2, -0.15) is 8.78 Å². The van der Waals surface area contributed by atoms with Crippen LogP contribution in [0.1, 0.15) is 13.8 Å². The van der Waals surface area contributed by atoms with Crippen LogP contribution < -0.4 is 0 Å². The van der Waals surface area contributed by atoms with E-state index in [0.717, 1.165) is 4.90 Å². The standard InChI is InChI=1S/C8H15F2NO2/c1-3-11(5-6-13-4-2)8(12)7(9)10/h7H,3-6H2,1-2H3. The summed E-state index contributed by atoms with van der Waals surface area (Å²) in [4.78, 5) is 11.9. The van der Waals surface area contributed by atoms with Gasteiger partial charge < -0.3 is 9.64 Å². The second-order valence-corrected chi connectivity index (χ2v) is 2.42. The van der Waals surface area contributed by atoms with E-state index < -0.39 is 12.3 Å². The van der Waals surface area contributed by atoms with Crippen molar-refractivity contribution in [2.75, 3.05) is 26.3 Å². The predicted octanol–water partition coefficient (Wildman–Crippen LogP) is 1.14. The number of hydrogen-bond donors (Lipinski definition) is 0. The summed E-state index contributed by atoms with van der Waals surface area (Å²) in [5.41, 5.74) is 0. The molecule has 13 heavy (non-hydrogen) atoms. The van der Waals surface area contributed by atoms with Crippen LogP contribution in [0.5, 0.6) is 0 Å². The second kappa shape index (κ2) is 6.77. The van der Waals surface area contributed by atoms with Gasteiger partial charge in [0.15, 0.2) is 0 Å². The molecule has 0 atom stereocenters. The molecule has 0 saturated carbocycles. The van der Waals surface area contributed by atoms with Gasteiger partial charge in [-0.15, -0.1) is 0 Å². The lowest BCUT2D eigenvalue weighted by Crippen LogP contribution is -2.37. The van der Waals surface area contributed by atoms with E-state index in [1.807, 2.05) is 6.92 Å². The Morgan fingerprint density at radius 2 is 2.08 bits per heavy atom. The zero-order valence-electron chi connectivity index (χ0n) is 7.93. The molecule has 0 heterocycles. The second-order valence-electron chi connectivity index (χ2n) is 2.42. The van der Waals surface area contributed by atoms with Gasteiger partial charge in [-0.1, -0.05) is 0 Å². The Morgan fingerprint density at radius 3 is 2.46 bits per heavy atom. The molecule has 0 fully saturated rings. The average molecular weight is 195 g/mol. The maximum Gasteiger partial charge on any atom is 0.315 e. The number of hydrogen-bond acceptors (Lipinski definition) is 2. The molecule has 0 aliphatic carbocycles. The topological polar surface area (TPSA) is 29.5 Å². The highest BCUT2D eigenvalue weighted by molar-refractivity contribution is 5.79. The molecule has 0 aromatic carbocycles. The van der Waals surface area contributed by atoms with E-state index >= 15 is 0 Å². The van der Waals surface area contributed by atoms with Crippen LogP contribution in [0.2, 0.25) is 0 Å². The zero-order chi connectivity index (χ0) is 10.3. The average Bonchev–Trinajstić information content (AvgIpc) is 2.11. The number of carbonyl (C=O) groups excluding carboxylic acids is 1. The van der Waals surface area contributed by atoms with Gasteiger partial charge in [-0.3, -0.25) is 4.79 Å². The largest absolute Gasteiger partial charge is 0.380 e. The van der Waals surface area contributed by atoms with E-state index in [-0.39, 0.29) is 13.1 Å². The molecule has 0 saturated heterocycles. The zero-order valence-corrected chi connectivity index (χ0v) is 7.93. The van der Waals surface area contributed by atoms with Crippen LogP contribution >= 0.6 is 0 Å². The molecule has 0 aromatic rings. The molecule has 0 aliphatic heterocycles. The van der Waals surface area contributed by atoms with Gasteiger partial charge in [0.2, 0.25) is 0 Å². The molecular weight excluding hydrogens is 180 g/mol. The lowest BCUT2D eigenvalue weighted by molar-refractivity contribution is -0.143. The number of alkyl halides is 2. The minimum absolute atomic E-state index is 0.230. The SMILES string of the molecule is CCOCCN(CC)C(=O)C(F)F. The molecule has 0 aromatic heterocycles. The first kappa shape index (κ1) is 12.3. The minimum atomic E-state index is -2.92. The number of amides is 1. The van der Waals surface area contributed by atoms with Crippen molar-refractivity contribution >= 4 is 5.91 Å². The van der Waals surface area contributed by atoms with Crippen molar-refractivity contribution in [3.8, 4) is 0 Å². The fourth-order valence-corrected chi connectivity index (χ4v) is 0.881. The fourth-order valence-electron chi connectivity index (χ4n) is 0.881. The van der Waals surface area contributed by atoms with Crippen LogP contribution in [0.25, 0.3) is 0 Å². The van der Waals surface area contributed by atoms with Gasteiger partial charge in [0.05, 0.1) is 6.61 Å². The first-order chi connectivity index (χ1) is 6.13. The van der Waals surface area contributed by atoms with Gasteiger partial charge in [0.1, 0.15) is 0 Å². The van der Waals surface area contributed by atoms with Gasteiger partial charge >= 0.3 is 6.43 Å². The number of carbonyl (C=O) groups is 1. The summed E-state index contributed by atoms with van der Waals surface area (Å²) in [7, 11) is 0. The van der Waals surface area contributed by atoms with Crippen molar-refractivity contribution in [3.63, 3.8) is 0 Å². The molecule has 78 valence electrons. The number of halogens is 2. The third kappa shape index (κ3) is 4.77. The van der Waals surface area contributed by atoms with Crippen molar-refractivity contribution in [1.29, 1.82) is 0 Å². The highest BCUT2D eigenvalue weighted by Gasteiger charge is 2.21. The van der Waals surface area contributed by atoms with Gasteiger partial charge in [0.25, 0.3) is 5.91 Å². The fraction of sp³-hybridized carbons (Fsp3) is 0.875. The molecule has 0 radical (unpaired) electrons. The number of likely N-dealkylation sites (N-methyl/N-ethyl adjacent to an activating group) is 1. The van der Waals surface area contributed by atoms with Crippen LogP contribution in [0.3, 0.4) is 0 Å². The molecular formula is C8H15F2NO2. The van der Waals surface area contributed by atoms with Crippen molar-refractivity contribution in [1.82, 2.24) is 4.90 Å². The van der Waals surface area contributed by atoms with Crippen LogP contribution in [0.15, 0.2) is 0 Å². The molecule has 1 amide bonds. The minimum Gasteiger partial charge on any atom is -0.380 e.